The summed E-state index contributed by atoms with van der Waals surface area (Å²) in [5, 5.41) is 2.45. The summed E-state index contributed by atoms with van der Waals surface area (Å²) in [7, 11) is -2.06. The summed E-state index contributed by atoms with van der Waals surface area (Å²) in [5.74, 6) is 0. The average molecular weight is 347 g/mol. The fourth-order valence-electron chi connectivity index (χ4n) is 0.815. The van der Waals surface area contributed by atoms with Crippen molar-refractivity contribution >= 4 is 55.4 Å². The summed E-state index contributed by atoms with van der Waals surface area (Å²) < 4.78 is 4.24. The molecule has 7 heteroatoms. The summed E-state index contributed by atoms with van der Waals surface area (Å²) in [5.41, 5.74) is 0. The molecule has 1 nitrogen and oxygen atoms in total. The average Bonchev–Trinajstić information content (AvgIpc) is 2.11. The van der Waals surface area contributed by atoms with Gasteiger partial charge < -0.3 is 4.52 Å². The van der Waals surface area contributed by atoms with Gasteiger partial charge in [-0.25, -0.2) is 0 Å². The Kier molecular flexibility index (Phi) is 8.28. The molecule has 0 bridgehead atoms. The number of hydrogen-bond acceptors (Lipinski definition) is 4. The molecule has 0 aliphatic rings. The first-order valence-corrected chi connectivity index (χ1v) is 19.3. The molecule has 0 aromatic carbocycles. The lowest BCUT2D eigenvalue weighted by molar-refractivity contribution is 0.393. The van der Waals surface area contributed by atoms with E-state index >= 15 is 0 Å². The maximum Gasteiger partial charge on any atom is 0.174 e. The van der Waals surface area contributed by atoms with Gasteiger partial charge in [0, 0.05) is 0 Å². The van der Waals surface area contributed by atoms with E-state index in [2.05, 4.69) is 46.2 Å². The van der Waals surface area contributed by atoms with E-state index in [0.29, 0.717) is 0 Å². The maximum absolute atomic E-state index is 5.92. The van der Waals surface area contributed by atoms with Gasteiger partial charge in [-0.05, 0) is 29.5 Å². The minimum atomic E-state index is -1.68. The van der Waals surface area contributed by atoms with Crippen molar-refractivity contribution in [2.75, 3.05) is 17.4 Å². The summed E-state index contributed by atoms with van der Waals surface area (Å²) in [6.45, 7) is 17.2. The van der Waals surface area contributed by atoms with Crippen LogP contribution in [0.1, 0.15) is 6.92 Å². The second-order valence-electron chi connectivity index (χ2n) is 6.53. The van der Waals surface area contributed by atoms with E-state index in [1.807, 2.05) is 22.8 Å². The molecule has 0 rings (SSSR count). The van der Waals surface area contributed by atoms with Gasteiger partial charge in [0.25, 0.3) is 0 Å². The fourth-order valence-corrected chi connectivity index (χ4v) is 23.5. The molecule has 17 heavy (non-hydrogen) atoms. The lowest BCUT2D eigenvalue weighted by Crippen LogP contribution is -2.25. The molecular weight excluding hydrogens is 319 g/mol. The largest absolute Gasteiger partial charge is 0.334 e. The SMILES string of the molecule is CCOP(=S)(SC[Si](C)(C)C)SC[Si](C)(C)C. The maximum atomic E-state index is 5.92. The lowest BCUT2D eigenvalue weighted by Gasteiger charge is -2.26. The van der Waals surface area contributed by atoms with Gasteiger partial charge >= 0.3 is 0 Å². The molecule has 0 radical (unpaired) electrons. The van der Waals surface area contributed by atoms with Crippen LogP contribution in [0.25, 0.3) is 0 Å². The molecular formula is C10H27OPS3Si2. The summed E-state index contributed by atoms with van der Waals surface area (Å²) in [4.78, 5) is 0. The molecule has 0 aliphatic carbocycles. The standard InChI is InChI=1S/C10H27OPS3Si2/c1-8-11-12(13,14-9-16(2,3)4)15-10-17(5,6)7/h8-10H2,1-7H3. The first kappa shape index (κ1) is 18.7. The highest BCUT2D eigenvalue weighted by Crippen LogP contribution is 2.70. The van der Waals surface area contributed by atoms with E-state index in [4.69, 9.17) is 16.3 Å². The predicted octanol–water partition coefficient (Wildman–Crippen LogP) is 5.47. The Morgan fingerprint density at radius 3 is 1.53 bits per heavy atom. The molecule has 0 unspecified atom stereocenters. The van der Waals surface area contributed by atoms with Gasteiger partial charge in [-0.1, -0.05) is 62.0 Å². The van der Waals surface area contributed by atoms with Crippen LogP contribution in [0.15, 0.2) is 0 Å². The minimum absolute atomic E-state index is 0.759. The third-order valence-electron chi connectivity index (χ3n) is 1.60. The Balaban J connectivity index is 4.41. The van der Waals surface area contributed by atoms with Gasteiger partial charge in [0.05, 0.1) is 22.8 Å². The van der Waals surface area contributed by atoms with E-state index < -0.39 is 20.8 Å². The van der Waals surface area contributed by atoms with Crippen molar-refractivity contribution in [3.63, 3.8) is 0 Å². The first-order valence-electron chi connectivity index (χ1n) is 6.01. The fraction of sp³-hybridized carbons (Fsp3) is 1.00. The van der Waals surface area contributed by atoms with E-state index in [1.54, 1.807) is 0 Å². The Labute approximate surface area is 123 Å². The Morgan fingerprint density at radius 2 is 1.29 bits per heavy atom. The van der Waals surface area contributed by atoms with Crippen molar-refractivity contribution in [3.8, 4) is 0 Å². The molecule has 0 saturated heterocycles. The van der Waals surface area contributed by atoms with Crippen LogP contribution in [0.4, 0.5) is 0 Å². The molecule has 0 spiro atoms. The quantitative estimate of drug-likeness (QED) is 0.425. The lowest BCUT2D eigenvalue weighted by atomic mass is 10.9. The van der Waals surface area contributed by atoms with Gasteiger partial charge in [0.1, 0.15) is 0 Å². The van der Waals surface area contributed by atoms with Crippen LogP contribution in [0.3, 0.4) is 0 Å². The Hall–Kier alpha value is 1.74. The molecule has 0 aromatic rings. The van der Waals surface area contributed by atoms with Crippen LogP contribution in [-0.4, -0.2) is 33.5 Å². The van der Waals surface area contributed by atoms with Crippen LogP contribution >= 0.6 is 27.4 Å². The van der Waals surface area contributed by atoms with Crippen molar-refractivity contribution in [2.24, 2.45) is 0 Å². The highest BCUT2D eigenvalue weighted by Gasteiger charge is 2.26. The molecule has 0 amide bonds. The van der Waals surface area contributed by atoms with Crippen LogP contribution in [-0.2, 0) is 16.3 Å². The van der Waals surface area contributed by atoms with Crippen LogP contribution < -0.4 is 0 Å². The zero-order valence-electron chi connectivity index (χ0n) is 12.2. The van der Waals surface area contributed by atoms with Gasteiger partial charge in [0.15, 0.2) is 4.67 Å². The highest BCUT2D eigenvalue weighted by molar-refractivity contribution is 8.99. The molecule has 0 aliphatic heterocycles. The summed E-state index contributed by atoms with van der Waals surface area (Å²) in [6, 6.07) is 0. The Bertz CT molecular complexity index is 252. The molecule has 0 atom stereocenters. The van der Waals surface area contributed by atoms with E-state index in [0.717, 1.165) is 6.61 Å². The van der Waals surface area contributed by atoms with Crippen LogP contribution in [0, 0.1) is 0 Å². The molecule has 0 saturated carbocycles. The molecule has 0 N–H and O–H groups in total. The van der Waals surface area contributed by atoms with Crippen LogP contribution in [0.2, 0.25) is 39.3 Å². The minimum Gasteiger partial charge on any atom is -0.334 e. The number of hydrogen-bond donors (Lipinski definition) is 0. The number of rotatable bonds is 8. The monoisotopic (exact) mass is 346 g/mol. The van der Waals surface area contributed by atoms with E-state index in [1.165, 1.54) is 10.8 Å². The van der Waals surface area contributed by atoms with Crippen molar-refractivity contribution in [2.45, 2.75) is 46.2 Å². The highest BCUT2D eigenvalue weighted by atomic mass is 33.2. The molecule has 0 heterocycles. The van der Waals surface area contributed by atoms with Gasteiger partial charge in [-0.3, -0.25) is 0 Å². The topological polar surface area (TPSA) is 9.23 Å². The van der Waals surface area contributed by atoms with E-state index in [-0.39, 0.29) is 0 Å². The van der Waals surface area contributed by atoms with Gasteiger partial charge in [-0.2, -0.15) is 0 Å². The second-order valence-corrected chi connectivity index (χ2v) is 29.0. The van der Waals surface area contributed by atoms with Crippen molar-refractivity contribution in [1.29, 1.82) is 0 Å². The zero-order chi connectivity index (χ0) is 13.7. The van der Waals surface area contributed by atoms with Crippen molar-refractivity contribution < 1.29 is 4.52 Å². The van der Waals surface area contributed by atoms with Gasteiger partial charge in [0.2, 0.25) is 0 Å². The van der Waals surface area contributed by atoms with Crippen molar-refractivity contribution in [3.05, 3.63) is 0 Å². The third-order valence-corrected chi connectivity index (χ3v) is 19.7. The smallest absolute Gasteiger partial charge is 0.174 e. The van der Waals surface area contributed by atoms with Crippen LogP contribution in [0.5, 0.6) is 0 Å². The molecule has 0 fully saturated rings. The van der Waals surface area contributed by atoms with Crippen molar-refractivity contribution in [1.82, 2.24) is 0 Å². The molecule has 0 aromatic heterocycles. The third kappa shape index (κ3) is 11.3. The predicted molar refractivity (Wildman–Crippen MR) is 97.5 cm³/mol. The normalized spacial score (nSPS) is 14.1. The second kappa shape index (κ2) is 7.51. The van der Waals surface area contributed by atoms with E-state index in [9.17, 15) is 0 Å². The molecule has 104 valence electrons. The summed E-state index contributed by atoms with van der Waals surface area (Å²) in [6.07, 6.45) is 0. The Morgan fingerprint density at radius 1 is 0.941 bits per heavy atom. The summed E-state index contributed by atoms with van der Waals surface area (Å²) >= 11 is 9.69. The zero-order valence-corrected chi connectivity index (χ0v) is 17.5. The van der Waals surface area contributed by atoms with Gasteiger partial charge in [-0.15, -0.1) is 0 Å². The first-order chi connectivity index (χ1) is 7.47.